The zero-order valence-electron chi connectivity index (χ0n) is 22.5. The maximum atomic E-state index is 15.3. The summed E-state index contributed by atoms with van der Waals surface area (Å²) in [4.78, 5) is 30.2. The van der Waals surface area contributed by atoms with Crippen molar-refractivity contribution in [2.45, 2.75) is 63.3 Å². The van der Waals surface area contributed by atoms with Crippen molar-refractivity contribution in [1.82, 2.24) is 9.37 Å². The molecule has 0 spiro atoms. The Morgan fingerprint density at radius 1 is 1.10 bits per heavy atom. The molecule has 41 heavy (non-hydrogen) atoms. The van der Waals surface area contributed by atoms with Crippen molar-refractivity contribution >= 4 is 33.5 Å². The van der Waals surface area contributed by atoms with Crippen molar-refractivity contribution in [1.29, 1.82) is 0 Å². The van der Waals surface area contributed by atoms with Crippen molar-refractivity contribution in [3.05, 3.63) is 63.9 Å². The summed E-state index contributed by atoms with van der Waals surface area (Å²) in [7, 11) is -4.85. The van der Waals surface area contributed by atoms with E-state index < -0.39 is 49.5 Å². The first-order chi connectivity index (χ1) is 19.0. The van der Waals surface area contributed by atoms with Gasteiger partial charge in [0.25, 0.3) is 10.0 Å². The number of benzene rings is 2. The van der Waals surface area contributed by atoms with Crippen LogP contribution >= 0.6 is 11.6 Å². The third-order valence-electron chi connectivity index (χ3n) is 7.20. The molecule has 1 amide bonds. The highest BCUT2D eigenvalue weighted by Gasteiger charge is 2.46. The zero-order valence-corrected chi connectivity index (χ0v) is 24.1. The Morgan fingerprint density at radius 3 is 2.37 bits per heavy atom. The van der Waals surface area contributed by atoms with Gasteiger partial charge in [-0.1, -0.05) is 28.2 Å². The van der Waals surface area contributed by atoms with Crippen molar-refractivity contribution in [3.8, 4) is 5.75 Å². The fourth-order valence-electron chi connectivity index (χ4n) is 4.81. The topological polar surface area (TPSA) is 93.2 Å². The molecule has 1 saturated heterocycles. The van der Waals surface area contributed by atoms with E-state index in [2.05, 4.69) is 23.6 Å². The van der Waals surface area contributed by atoms with Gasteiger partial charge in [-0.05, 0) is 81.3 Å². The van der Waals surface area contributed by atoms with Gasteiger partial charge >= 0.3 is 18.1 Å². The van der Waals surface area contributed by atoms with Crippen LogP contribution in [0.25, 0.3) is 0 Å². The largest absolute Gasteiger partial charge is 0.493 e. The molecule has 1 aliphatic heterocycles. The van der Waals surface area contributed by atoms with E-state index in [0.717, 1.165) is 30.7 Å². The number of hydrogen-bond acceptors (Lipinski definition) is 7. The van der Waals surface area contributed by atoms with Gasteiger partial charge in [0.15, 0.2) is 0 Å². The molecule has 1 heterocycles. The van der Waals surface area contributed by atoms with Crippen LogP contribution in [0.5, 0.6) is 5.75 Å². The van der Waals surface area contributed by atoms with E-state index in [-0.39, 0.29) is 17.8 Å². The number of rotatable bonds is 7. The van der Waals surface area contributed by atoms with Gasteiger partial charge in [-0.2, -0.15) is 13.2 Å². The first kappa shape index (κ1) is 31.0. The number of hydroxylamine groups is 1. The summed E-state index contributed by atoms with van der Waals surface area (Å²) in [5.74, 6) is -5.92. The lowest BCUT2D eigenvalue weighted by atomic mass is 9.89. The number of carbonyl (C=O) groups is 2. The quantitative estimate of drug-likeness (QED) is 0.296. The maximum Gasteiger partial charge on any atom is 0.493 e. The van der Waals surface area contributed by atoms with Gasteiger partial charge in [-0.25, -0.2) is 17.6 Å². The van der Waals surface area contributed by atoms with E-state index in [1.165, 1.54) is 0 Å². The Hall–Kier alpha value is -2.90. The first-order valence-corrected chi connectivity index (χ1v) is 15.1. The second-order valence-corrected chi connectivity index (χ2v) is 12.9. The normalized spacial score (nSPS) is 18.6. The number of hydrogen-bond donors (Lipinski definition) is 0. The zero-order chi connectivity index (χ0) is 30.3. The van der Waals surface area contributed by atoms with E-state index >= 15 is 4.39 Å². The molecule has 0 N–H and O–H groups in total. The third-order valence-corrected chi connectivity index (χ3v) is 8.28. The van der Waals surface area contributed by atoms with E-state index in [1.807, 2.05) is 18.2 Å². The number of carbonyl (C=O) groups excluding carboxylic acids is 2. The molecule has 2 aromatic rings. The van der Waals surface area contributed by atoms with Crippen LogP contribution in [-0.2, 0) is 25.2 Å². The van der Waals surface area contributed by atoms with E-state index in [0.29, 0.717) is 42.6 Å². The molecule has 14 heteroatoms. The van der Waals surface area contributed by atoms with Crippen LogP contribution in [0.4, 0.5) is 17.6 Å². The second kappa shape index (κ2) is 11.4. The minimum absolute atomic E-state index is 0.121. The van der Waals surface area contributed by atoms with Crippen molar-refractivity contribution in [3.63, 3.8) is 0 Å². The van der Waals surface area contributed by atoms with Crippen LogP contribution in [0, 0.1) is 5.82 Å². The van der Waals surface area contributed by atoms with Gasteiger partial charge in [0, 0.05) is 23.2 Å². The van der Waals surface area contributed by atoms with Crippen molar-refractivity contribution < 1.29 is 45.1 Å². The monoisotopic (exact) mass is 620 g/mol. The summed E-state index contributed by atoms with van der Waals surface area (Å²) in [5, 5.41) is 0.613. The smallest absolute Gasteiger partial charge is 0.489 e. The Labute approximate surface area is 240 Å². The van der Waals surface area contributed by atoms with Gasteiger partial charge in [0.05, 0.1) is 11.8 Å². The third kappa shape index (κ3) is 7.12. The Kier molecular flexibility index (Phi) is 8.64. The minimum Gasteiger partial charge on any atom is -0.489 e. The molecule has 0 unspecified atom stereocenters. The summed E-state index contributed by atoms with van der Waals surface area (Å²) in [6, 6.07) is 9.53. The predicted octanol–water partition coefficient (Wildman–Crippen LogP) is 5.56. The second-order valence-electron chi connectivity index (χ2n) is 10.7. The molecule has 0 radical (unpaired) electrons. The van der Waals surface area contributed by atoms with Gasteiger partial charge in [0.1, 0.15) is 17.7 Å². The van der Waals surface area contributed by atoms with Gasteiger partial charge < -0.3 is 9.57 Å². The van der Waals surface area contributed by atoms with Crippen LogP contribution in [0.2, 0.25) is 5.02 Å². The van der Waals surface area contributed by atoms with Crippen LogP contribution in [0.3, 0.4) is 0 Å². The molecule has 1 saturated carbocycles. The average Bonchev–Trinajstić information content (AvgIpc) is 3.71. The summed E-state index contributed by atoms with van der Waals surface area (Å²) in [6.07, 6.45) is -2.75. The van der Waals surface area contributed by atoms with Gasteiger partial charge in [-0.3, -0.25) is 9.69 Å². The van der Waals surface area contributed by atoms with Crippen LogP contribution in [0.1, 0.15) is 66.9 Å². The molecule has 1 aliphatic carbocycles. The molecule has 0 aromatic heterocycles. The molecule has 2 aromatic carbocycles. The van der Waals surface area contributed by atoms with E-state index in [4.69, 9.17) is 16.3 Å². The fourth-order valence-corrected chi connectivity index (χ4v) is 5.60. The highest BCUT2D eigenvalue weighted by atomic mass is 35.5. The number of piperidine rings is 1. The average molecular weight is 621 g/mol. The number of halogens is 5. The molecule has 2 fully saturated rings. The lowest BCUT2D eigenvalue weighted by molar-refractivity contribution is -0.216. The highest BCUT2D eigenvalue weighted by Crippen LogP contribution is 2.46. The summed E-state index contributed by atoms with van der Waals surface area (Å²) in [6.45, 7) is 5.42. The standard InChI is InChI=1S/C27H29ClF4N2O6S/c1-26(2,17-6-4-7-18(28)12-17)33-11-5-8-19(15-33)39-23-14-22(29)21(13-20(23)16-9-10-16)24(35)34(41(3,37)38)40-25(36)27(30,31)32/h4,6-7,12-14,16,19H,5,8-11,15H2,1-3H3/t19-/m1/s1. The predicted molar refractivity (Wildman–Crippen MR) is 141 cm³/mol. The van der Waals surface area contributed by atoms with Crippen LogP contribution in [-0.4, -0.2) is 61.3 Å². The molecule has 2 aliphatic rings. The summed E-state index contributed by atoms with van der Waals surface area (Å²) < 4.78 is 82.9. The number of sulfonamides is 1. The van der Waals surface area contributed by atoms with E-state index in [1.54, 1.807) is 6.07 Å². The lowest BCUT2D eigenvalue weighted by Crippen LogP contribution is -2.50. The molecular weight excluding hydrogens is 592 g/mol. The molecular formula is C27H29ClF4N2O6S. The molecule has 8 nitrogen and oxygen atoms in total. The number of amides is 1. The van der Waals surface area contributed by atoms with Gasteiger partial charge in [0.2, 0.25) is 0 Å². The van der Waals surface area contributed by atoms with Crippen LogP contribution < -0.4 is 4.74 Å². The molecule has 0 bridgehead atoms. The van der Waals surface area contributed by atoms with Crippen molar-refractivity contribution in [2.75, 3.05) is 19.3 Å². The number of likely N-dealkylation sites (tertiary alicyclic amines) is 1. The van der Waals surface area contributed by atoms with Crippen LogP contribution in [0.15, 0.2) is 36.4 Å². The first-order valence-electron chi connectivity index (χ1n) is 12.8. The number of ether oxygens (including phenoxy) is 1. The Bertz CT molecular complexity index is 1450. The summed E-state index contributed by atoms with van der Waals surface area (Å²) in [5.41, 5.74) is 0.167. The number of alkyl halides is 3. The Morgan fingerprint density at radius 2 is 1.78 bits per heavy atom. The maximum absolute atomic E-state index is 15.3. The summed E-state index contributed by atoms with van der Waals surface area (Å²) >= 11 is 6.20. The minimum atomic E-state index is -5.59. The fraction of sp³-hybridized carbons (Fsp3) is 0.481. The molecule has 224 valence electrons. The SMILES string of the molecule is CC(C)(c1cccc(Cl)c1)N1CCC[C@@H](Oc2cc(F)c(C(=O)N(OC(=O)C(F)(F)F)S(C)(=O)=O)cc2C2CC2)C1. The Balaban J connectivity index is 1.59. The van der Waals surface area contributed by atoms with Gasteiger partial charge in [-0.15, -0.1) is 0 Å². The number of nitrogens with zero attached hydrogens (tertiary/aromatic N) is 2. The molecule has 1 atom stereocenters. The van der Waals surface area contributed by atoms with E-state index in [9.17, 15) is 31.2 Å². The lowest BCUT2D eigenvalue weighted by Gasteiger charge is -2.44. The molecule has 4 rings (SSSR count). The van der Waals surface area contributed by atoms with Crippen molar-refractivity contribution in [2.24, 2.45) is 0 Å². The highest BCUT2D eigenvalue weighted by molar-refractivity contribution is 7.88.